The van der Waals surface area contributed by atoms with Gasteiger partial charge in [0.15, 0.2) is 10.3 Å². The second-order valence-corrected chi connectivity index (χ2v) is 5.13. The minimum atomic E-state index is -0.270. The molecule has 2 heterocycles. The Hall–Kier alpha value is -1.86. The first-order valence-electron chi connectivity index (χ1n) is 5.37. The first-order valence-corrected chi connectivity index (χ1v) is 6.56. The molecule has 0 fully saturated rings. The van der Waals surface area contributed by atoms with E-state index in [4.69, 9.17) is 11.6 Å². The molecule has 19 heavy (non-hydrogen) atoms. The Morgan fingerprint density at radius 3 is 2.68 bits per heavy atom. The lowest BCUT2D eigenvalue weighted by molar-refractivity contribution is 0.764. The number of H-pyrrole nitrogens is 1. The molecule has 0 saturated heterocycles. The van der Waals surface area contributed by atoms with Crippen LogP contribution in [0.2, 0.25) is 5.15 Å². The Bertz CT molecular complexity index is 812. The lowest BCUT2D eigenvalue weighted by Crippen LogP contribution is -2.12. The molecule has 0 aliphatic rings. The number of benzene rings is 1. The number of fused-ring (bicyclic) bond motifs is 1. The highest BCUT2D eigenvalue weighted by molar-refractivity contribution is 7.99. The SMILES string of the molecule is Cn1c(Sc2nnc(Cl)c3ccccc23)n[nH]c1=O. The van der Waals surface area contributed by atoms with Crippen molar-refractivity contribution in [1.29, 1.82) is 0 Å². The highest BCUT2D eigenvalue weighted by atomic mass is 35.5. The average Bonchev–Trinajstić information content (AvgIpc) is 2.74. The van der Waals surface area contributed by atoms with Crippen molar-refractivity contribution in [3.8, 4) is 0 Å². The van der Waals surface area contributed by atoms with Crippen LogP contribution in [0.5, 0.6) is 0 Å². The van der Waals surface area contributed by atoms with Crippen LogP contribution in [-0.2, 0) is 7.05 Å². The van der Waals surface area contributed by atoms with Gasteiger partial charge in [0.25, 0.3) is 0 Å². The first-order chi connectivity index (χ1) is 9.16. The summed E-state index contributed by atoms with van der Waals surface area (Å²) in [5, 5.41) is 17.5. The van der Waals surface area contributed by atoms with Gasteiger partial charge in [-0.2, -0.15) is 0 Å². The third-order valence-corrected chi connectivity index (χ3v) is 3.96. The molecule has 1 N–H and O–H groups in total. The van der Waals surface area contributed by atoms with Crippen LogP contribution in [-0.4, -0.2) is 25.0 Å². The van der Waals surface area contributed by atoms with Crippen LogP contribution < -0.4 is 5.69 Å². The predicted molar refractivity (Wildman–Crippen MR) is 72.5 cm³/mol. The molecule has 0 unspecified atom stereocenters. The molecule has 96 valence electrons. The van der Waals surface area contributed by atoms with Gasteiger partial charge in [0.05, 0.1) is 0 Å². The number of rotatable bonds is 2. The minimum absolute atomic E-state index is 0.270. The van der Waals surface area contributed by atoms with Crippen molar-refractivity contribution in [3.05, 3.63) is 39.9 Å². The Kier molecular flexibility index (Phi) is 3.00. The standard InChI is InChI=1S/C11H8ClN5OS/c1-17-10(18)15-16-11(17)19-9-7-5-3-2-4-6(7)8(12)13-14-9/h2-5H,1H3,(H,15,18). The number of hydrogen-bond donors (Lipinski definition) is 1. The summed E-state index contributed by atoms with van der Waals surface area (Å²) in [4.78, 5) is 11.3. The van der Waals surface area contributed by atoms with Crippen LogP contribution in [0.25, 0.3) is 10.8 Å². The summed E-state index contributed by atoms with van der Waals surface area (Å²) in [7, 11) is 1.64. The molecule has 0 spiro atoms. The lowest BCUT2D eigenvalue weighted by Gasteiger charge is -2.04. The van der Waals surface area contributed by atoms with Crippen molar-refractivity contribution >= 4 is 34.1 Å². The third-order valence-electron chi connectivity index (χ3n) is 2.64. The number of halogens is 1. The minimum Gasteiger partial charge on any atom is -0.273 e. The number of aromatic nitrogens is 5. The monoisotopic (exact) mass is 293 g/mol. The largest absolute Gasteiger partial charge is 0.343 e. The van der Waals surface area contributed by atoms with Gasteiger partial charge in [-0.25, -0.2) is 9.89 Å². The van der Waals surface area contributed by atoms with Crippen molar-refractivity contribution < 1.29 is 0 Å². The summed E-state index contributed by atoms with van der Waals surface area (Å²) in [6.45, 7) is 0. The van der Waals surface area contributed by atoms with Crippen molar-refractivity contribution in [3.63, 3.8) is 0 Å². The van der Waals surface area contributed by atoms with E-state index in [2.05, 4.69) is 20.4 Å². The quantitative estimate of drug-likeness (QED) is 0.780. The van der Waals surface area contributed by atoms with Crippen molar-refractivity contribution in [2.24, 2.45) is 7.05 Å². The molecule has 0 radical (unpaired) electrons. The van der Waals surface area contributed by atoms with E-state index >= 15 is 0 Å². The van der Waals surface area contributed by atoms with Gasteiger partial charge in [-0.15, -0.1) is 15.3 Å². The summed E-state index contributed by atoms with van der Waals surface area (Å²) in [5.74, 6) is 0. The van der Waals surface area contributed by atoms with E-state index in [0.717, 1.165) is 10.8 Å². The van der Waals surface area contributed by atoms with Crippen molar-refractivity contribution in [2.45, 2.75) is 10.2 Å². The van der Waals surface area contributed by atoms with Crippen LogP contribution in [0, 0.1) is 0 Å². The molecule has 6 nitrogen and oxygen atoms in total. The molecule has 0 amide bonds. The summed E-state index contributed by atoms with van der Waals surface area (Å²) in [6.07, 6.45) is 0. The third kappa shape index (κ3) is 2.11. The van der Waals surface area contributed by atoms with Gasteiger partial charge in [0.2, 0.25) is 0 Å². The fraction of sp³-hybridized carbons (Fsp3) is 0.0909. The molecule has 8 heteroatoms. The molecule has 0 aliphatic carbocycles. The molecule has 1 aromatic carbocycles. The molecular weight excluding hydrogens is 286 g/mol. The van der Waals surface area contributed by atoms with Crippen LogP contribution >= 0.6 is 23.4 Å². The van der Waals surface area contributed by atoms with E-state index < -0.39 is 0 Å². The highest BCUT2D eigenvalue weighted by Gasteiger charge is 2.12. The normalized spacial score (nSPS) is 11.1. The first kappa shape index (κ1) is 12.2. The number of aromatic amines is 1. The maximum atomic E-state index is 11.3. The summed E-state index contributed by atoms with van der Waals surface area (Å²) in [6, 6.07) is 7.56. The number of nitrogens with one attached hydrogen (secondary N) is 1. The van der Waals surface area contributed by atoms with E-state index in [-0.39, 0.29) is 5.69 Å². The maximum Gasteiger partial charge on any atom is 0.343 e. The van der Waals surface area contributed by atoms with Gasteiger partial charge in [0, 0.05) is 17.8 Å². The molecule has 0 bridgehead atoms. The molecule has 3 rings (SSSR count). The van der Waals surface area contributed by atoms with Gasteiger partial charge >= 0.3 is 5.69 Å². The molecular formula is C11H8ClN5OS. The average molecular weight is 294 g/mol. The highest BCUT2D eigenvalue weighted by Crippen LogP contribution is 2.31. The van der Waals surface area contributed by atoms with E-state index in [9.17, 15) is 4.79 Å². The van der Waals surface area contributed by atoms with E-state index in [1.54, 1.807) is 7.05 Å². The van der Waals surface area contributed by atoms with Crippen LogP contribution in [0.1, 0.15) is 0 Å². The Balaban J connectivity index is 2.14. The Morgan fingerprint density at radius 2 is 2.00 bits per heavy atom. The van der Waals surface area contributed by atoms with E-state index in [1.165, 1.54) is 16.3 Å². The van der Waals surface area contributed by atoms with Gasteiger partial charge < -0.3 is 0 Å². The van der Waals surface area contributed by atoms with Crippen molar-refractivity contribution in [1.82, 2.24) is 25.0 Å². The zero-order chi connectivity index (χ0) is 13.4. The second kappa shape index (κ2) is 4.67. The Morgan fingerprint density at radius 1 is 1.26 bits per heavy atom. The zero-order valence-corrected chi connectivity index (χ0v) is 11.4. The Labute approximate surface area is 116 Å². The second-order valence-electron chi connectivity index (χ2n) is 3.81. The fourth-order valence-corrected chi connectivity index (χ4v) is 2.69. The zero-order valence-electron chi connectivity index (χ0n) is 9.79. The van der Waals surface area contributed by atoms with Crippen LogP contribution in [0.3, 0.4) is 0 Å². The smallest absolute Gasteiger partial charge is 0.273 e. The molecule has 0 saturated carbocycles. The van der Waals surface area contributed by atoms with Gasteiger partial charge in [-0.3, -0.25) is 4.57 Å². The number of nitrogens with zero attached hydrogens (tertiary/aromatic N) is 4. The summed E-state index contributed by atoms with van der Waals surface area (Å²) < 4.78 is 1.41. The van der Waals surface area contributed by atoms with Crippen molar-refractivity contribution in [2.75, 3.05) is 0 Å². The molecule has 3 aromatic rings. The molecule has 0 aliphatic heterocycles. The topological polar surface area (TPSA) is 76.5 Å². The maximum absolute atomic E-state index is 11.3. The molecule has 2 aromatic heterocycles. The molecule has 0 atom stereocenters. The predicted octanol–water partition coefficient (Wildman–Crippen LogP) is 1.86. The lowest BCUT2D eigenvalue weighted by atomic mass is 10.2. The van der Waals surface area contributed by atoms with Crippen LogP contribution in [0.4, 0.5) is 0 Å². The summed E-state index contributed by atoms with van der Waals surface area (Å²) in [5.41, 5.74) is -0.270. The fourth-order valence-electron chi connectivity index (χ4n) is 1.63. The number of hydrogen-bond acceptors (Lipinski definition) is 5. The van der Waals surface area contributed by atoms with Gasteiger partial charge in [0.1, 0.15) is 5.03 Å². The van der Waals surface area contributed by atoms with Crippen LogP contribution in [0.15, 0.2) is 39.2 Å². The van der Waals surface area contributed by atoms with E-state index in [0.29, 0.717) is 15.3 Å². The summed E-state index contributed by atoms with van der Waals surface area (Å²) >= 11 is 7.27. The van der Waals surface area contributed by atoms with Gasteiger partial charge in [-0.1, -0.05) is 35.9 Å². The van der Waals surface area contributed by atoms with Gasteiger partial charge in [-0.05, 0) is 11.8 Å². The van der Waals surface area contributed by atoms with E-state index in [1.807, 2.05) is 24.3 Å².